The molecule has 0 aliphatic carbocycles. The van der Waals surface area contributed by atoms with E-state index in [1.807, 2.05) is 0 Å². The van der Waals surface area contributed by atoms with Crippen LogP contribution in [0.3, 0.4) is 0 Å². The number of alkyl halides is 3. The van der Waals surface area contributed by atoms with Gasteiger partial charge in [-0.3, -0.25) is 4.98 Å². The summed E-state index contributed by atoms with van der Waals surface area (Å²) in [4.78, 5) is 15.6. The number of aromatic carboxylic acids is 1. The molecule has 4 aromatic rings. The van der Waals surface area contributed by atoms with Crippen LogP contribution in [0.5, 0.6) is 0 Å². The molecule has 7 heteroatoms. The summed E-state index contributed by atoms with van der Waals surface area (Å²) in [5.74, 6) is -1.10. The van der Waals surface area contributed by atoms with Crippen LogP contribution in [0.1, 0.15) is 15.9 Å². The lowest BCUT2D eigenvalue weighted by Gasteiger charge is -2.12. The Labute approximate surface area is 145 Å². The van der Waals surface area contributed by atoms with Crippen molar-refractivity contribution < 1.29 is 23.1 Å². The Morgan fingerprint density at radius 1 is 1.04 bits per heavy atom. The van der Waals surface area contributed by atoms with Crippen molar-refractivity contribution in [2.24, 2.45) is 0 Å². The fraction of sp³-hybridized carbons (Fsp3) is 0.0526. The van der Waals surface area contributed by atoms with Crippen LogP contribution in [-0.4, -0.2) is 20.6 Å². The highest BCUT2D eigenvalue weighted by Gasteiger charge is 2.30. The fourth-order valence-corrected chi connectivity index (χ4v) is 3.07. The minimum absolute atomic E-state index is 0.0811. The second kappa shape index (κ2) is 5.59. The number of hydrogen-bond acceptors (Lipinski definition) is 2. The number of halogens is 3. The Bertz CT molecular complexity index is 1160. The fourth-order valence-electron chi connectivity index (χ4n) is 3.07. The van der Waals surface area contributed by atoms with Gasteiger partial charge in [0.05, 0.1) is 27.8 Å². The van der Waals surface area contributed by atoms with Gasteiger partial charge in [0, 0.05) is 23.2 Å². The highest BCUT2D eigenvalue weighted by atomic mass is 19.4. The van der Waals surface area contributed by atoms with Crippen molar-refractivity contribution in [3.05, 3.63) is 72.1 Å². The summed E-state index contributed by atoms with van der Waals surface area (Å²) in [6.45, 7) is 0. The Morgan fingerprint density at radius 3 is 2.54 bits per heavy atom. The van der Waals surface area contributed by atoms with Crippen molar-refractivity contribution in [1.29, 1.82) is 0 Å². The molecule has 0 bridgehead atoms. The number of nitrogens with zero attached hydrogens (tertiary/aromatic N) is 2. The summed E-state index contributed by atoms with van der Waals surface area (Å²) in [5.41, 5.74) is 0.719. The molecule has 0 atom stereocenters. The molecule has 0 unspecified atom stereocenters. The Balaban J connectivity index is 2.06. The first-order chi connectivity index (χ1) is 12.4. The van der Waals surface area contributed by atoms with E-state index in [1.54, 1.807) is 34.9 Å². The highest BCUT2D eigenvalue weighted by molar-refractivity contribution is 6.04. The number of carboxylic acids is 1. The Hall–Kier alpha value is -3.35. The maximum atomic E-state index is 13.1. The van der Waals surface area contributed by atoms with Crippen LogP contribution in [-0.2, 0) is 6.18 Å². The molecule has 2 aromatic carbocycles. The van der Waals surface area contributed by atoms with Crippen LogP contribution >= 0.6 is 0 Å². The zero-order valence-corrected chi connectivity index (χ0v) is 13.2. The molecule has 0 radical (unpaired) electrons. The summed E-state index contributed by atoms with van der Waals surface area (Å²) >= 11 is 0. The van der Waals surface area contributed by atoms with E-state index < -0.39 is 17.7 Å². The van der Waals surface area contributed by atoms with Crippen LogP contribution in [0.25, 0.3) is 27.5 Å². The van der Waals surface area contributed by atoms with Crippen molar-refractivity contribution in [2.45, 2.75) is 6.18 Å². The van der Waals surface area contributed by atoms with Gasteiger partial charge in [0.2, 0.25) is 0 Å². The van der Waals surface area contributed by atoms with Crippen molar-refractivity contribution in [2.75, 3.05) is 0 Å². The van der Waals surface area contributed by atoms with Crippen LogP contribution < -0.4 is 0 Å². The number of aromatic nitrogens is 2. The standard InChI is InChI=1S/C19H11F3N2O2/c20-19(21,22)11-5-6-15-13(9-11)17(7-8-23-15)24-10-14(18(25)26)12-3-1-2-4-16(12)24/h1-10H,(H,25,26). The Kier molecular flexibility index (Phi) is 3.47. The summed E-state index contributed by atoms with van der Waals surface area (Å²) in [5, 5.41) is 10.2. The number of carbonyl (C=O) groups is 1. The lowest BCUT2D eigenvalue weighted by molar-refractivity contribution is -0.137. The minimum atomic E-state index is -4.48. The van der Waals surface area contributed by atoms with E-state index in [2.05, 4.69) is 4.98 Å². The third-order valence-corrected chi connectivity index (χ3v) is 4.25. The van der Waals surface area contributed by atoms with Crippen molar-refractivity contribution in [3.63, 3.8) is 0 Å². The quantitative estimate of drug-likeness (QED) is 0.556. The van der Waals surface area contributed by atoms with Crippen LogP contribution in [0, 0.1) is 0 Å². The molecule has 2 heterocycles. The van der Waals surface area contributed by atoms with Gasteiger partial charge in [-0.15, -0.1) is 0 Å². The van der Waals surface area contributed by atoms with Crippen LogP contribution in [0.2, 0.25) is 0 Å². The van der Waals surface area contributed by atoms with Crippen molar-refractivity contribution in [1.82, 2.24) is 9.55 Å². The summed E-state index contributed by atoms with van der Waals surface area (Å²) < 4.78 is 40.9. The molecule has 2 aromatic heterocycles. The molecule has 1 N–H and O–H groups in total. The van der Waals surface area contributed by atoms with E-state index in [-0.39, 0.29) is 5.56 Å². The predicted molar refractivity (Wildman–Crippen MR) is 90.5 cm³/mol. The molecular weight excluding hydrogens is 345 g/mol. The van der Waals surface area contributed by atoms with Crippen molar-refractivity contribution in [3.8, 4) is 5.69 Å². The topological polar surface area (TPSA) is 55.1 Å². The molecule has 0 fully saturated rings. The van der Waals surface area contributed by atoms with Gasteiger partial charge in [0.15, 0.2) is 0 Å². The number of fused-ring (bicyclic) bond motifs is 2. The molecule has 0 saturated heterocycles. The number of benzene rings is 2. The van der Waals surface area contributed by atoms with Crippen LogP contribution in [0.15, 0.2) is 60.9 Å². The van der Waals surface area contributed by atoms with E-state index >= 15 is 0 Å². The number of pyridine rings is 1. The molecule has 4 rings (SSSR count). The van der Waals surface area contributed by atoms with Gasteiger partial charge in [0.1, 0.15) is 0 Å². The third kappa shape index (κ3) is 2.48. The zero-order valence-electron chi connectivity index (χ0n) is 13.2. The third-order valence-electron chi connectivity index (χ3n) is 4.25. The molecule has 130 valence electrons. The van der Waals surface area contributed by atoms with Gasteiger partial charge in [-0.1, -0.05) is 18.2 Å². The zero-order chi connectivity index (χ0) is 18.5. The van der Waals surface area contributed by atoms with Crippen LogP contribution in [0.4, 0.5) is 13.2 Å². The maximum absolute atomic E-state index is 13.1. The second-order valence-electron chi connectivity index (χ2n) is 5.79. The SMILES string of the molecule is O=C(O)c1cn(-c2ccnc3ccc(C(F)(F)F)cc23)c2ccccc12. The average molecular weight is 356 g/mol. The first-order valence-electron chi connectivity index (χ1n) is 7.66. The van der Waals surface area contributed by atoms with Crippen molar-refractivity contribution >= 4 is 27.8 Å². The molecule has 0 aliphatic heterocycles. The van der Waals surface area contributed by atoms with E-state index in [0.29, 0.717) is 27.5 Å². The lowest BCUT2D eigenvalue weighted by Crippen LogP contribution is -2.05. The summed E-state index contributed by atoms with van der Waals surface area (Å²) in [6.07, 6.45) is -1.57. The summed E-state index contributed by atoms with van der Waals surface area (Å²) in [6, 6.07) is 11.7. The number of carboxylic acid groups (broad SMARTS) is 1. The molecule has 0 amide bonds. The van der Waals surface area contributed by atoms with E-state index in [4.69, 9.17) is 0 Å². The van der Waals surface area contributed by atoms with Gasteiger partial charge < -0.3 is 9.67 Å². The van der Waals surface area contributed by atoms with E-state index in [0.717, 1.165) is 12.1 Å². The monoisotopic (exact) mass is 356 g/mol. The minimum Gasteiger partial charge on any atom is -0.478 e. The largest absolute Gasteiger partial charge is 0.478 e. The van der Waals surface area contributed by atoms with Gasteiger partial charge in [0.25, 0.3) is 0 Å². The first-order valence-corrected chi connectivity index (χ1v) is 7.66. The van der Waals surface area contributed by atoms with E-state index in [9.17, 15) is 23.1 Å². The maximum Gasteiger partial charge on any atom is 0.416 e. The average Bonchev–Trinajstić information content (AvgIpc) is 3.00. The number of para-hydroxylation sites is 1. The number of hydrogen-bond donors (Lipinski definition) is 1. The first kappa shape index (κ1) is 16.1. The number of rotatable bonds is 2. The molecule has 26 heavy (non-hydrogen) atoms. The predicted octanol–water partition coefficient (Wildman–Crippen LogP) is 4.90. The van der Waals surface area contributed by atoms with Gasteiger partial charge in [-0.25, -0.2) is 4.79 Å². The smallest absolute Gasteiger partial charge is 0.416 e. The van der Waals surface area contributed by atoms with Gasteiger partial charge >= 0.3 is 12.1 Å². The summed E-state index contributed by atoms with van der Waals surface area (Å²) in [7, 11) is 0. The molecule has 4 nitrogen and oxygen atoms in total. The highest BCUT2D eigenvalue weighted by Crippen LogP contribution is 2.34. The molecule has 0 aliphatic rings. The molecule has 0 spiro atoms. The van der Waals surface area contributed by atoms with Gasteiger partial charge in [-0.2, -0.15) is 13.2 Å². The second-order valence-corrected chi connectivity index (χ2v) is 5.79. The molecule has 0 saturated carbocycles. The normalized spacial score (nSPS) is 12.0. The van der Waals surface area contributed by atoms with E-state index in [1.165, 1.54) is 18.5 Å². The lowest BCUT2D eigenvalue weighted by atomic mass is 10.1. The molecular formula is C19H11F3N2O2. The Morgan fingerprint density at radius 2 is 1.81 bits per heavy atom. The van der Waals surface area contributed by atoms with Gasteiger partial charge in [-0.05, 0) is 30.3 Å².